The Morgan fingerprint density at radius 2 is 2.00 bits per heavy atom. The number of amides is 1. The number of amidine groups is 1. The van der Waals surface area contributed by atoms with E-state index in [9.17, 15) is 18.0 Å². The van der Waals surface area contributed by atoms with E-state index in [2.05, 4.69) is 10.3 Å². The van der Waals surface area contributed by atoms with E-state index in [0.717, 1.165) is 18.6 Å². The Morgan fingerprint density at radius 3 is 2.62 bits per heavy atom. The number of hydrogen-bond donors (Lipinski definition) is 1. The number of aliphatic imine (C=N–C) groups is 1. The second-order valence-electron chi connectivity index (χ2n) is 4.76. The first kappa shape index (κ1) is 20.0. The lowest BCUT2D eigenvalue weighted by atomic mass is 10.1. The maximum atomic E-state index is 12.7. The summed E-state index contributed by atoms with van der Waals surface area (Å²) in [7, 11) is 0. The van der Waals surface area contributed by atoms with Gasteiger partial charge in [0.2, 0.25) is 0 Å². The quantitative estimate of drug-likeness (QED) is 0.468. The number of carbonyl (C=O) groups is 1. The Labute approximate surface area is 138 Å². The number of benzene rings is 1. The van der Waals surface area contributed by atoms with E-state index >= 15 is 0 Å². The molecular weight excluding hydrogens is 325 g/mol. The number of rotatable bonds is 7. The lowest BCUT2D eigenvalue weighted by Crippen LogP contribution is -2.33. The molecule has 0 spiro atoms. The molecule has 0 aliphatic rings. The predicted molar refractivity (Wildman–Crippen MR) is 83.9 cm³/mol. The molecule has 0 fully saturated rings. The second kappa shape index (κ2) is 9.92. The van der Waals surface area contributed by atoms with Crippen LogP contribution in [-0.2, 0) is 15.7 Å². The summed E-state index contributed by atoms with van der Waals surface area (Å²) in [5, 5.41) is 2.39. The Kier molecular flexibility index (Phi) is 8.25. The largest absolute Gasteiger partial charge is 0.463 e. The Balaban J connectivity index is 2.76. The van der Waals surface area contributed by atoms with Crippen molar-refractivity contribution in [3.63, 3.8) is 0 Å². The molecule has 0 bridgehead atoms. The number of alkyl halides is 3. The van der Waals surface area contributed by atoms with Gasteiger partial charge in [-0.2, -0.15) is 13.2 Å². The average molecular weight is 346 g/mol. The molecule has 134 valence electrons. The van der Waals surface area contributed by atoms with Gasteiger partial charge in [0.1, 0.15) is 6.61 Å². The number of carbonyl (C=O) groups excluding carboxylic acids is 1. The fourth-order valence-electron chi connectivity index (χ4n) is 1.68. The molecule has 1 rings (SSSR count). The summed E-state index contributed by atoms with van der Waals surface area (Å²) in [5.74, 6) is -0.715. The first-order valence-corrected chi connectivity index (χ1v) is 7.62. The molecule has 1 aromatic rings. The zero-order valence-electron chi connectivity index (χ0n) is 13.7. The molecule has 1 aromatic carbocycles. The molecular formula is C16H21F3N2O3. The van der Waals surface area contributed by atoms with E-state index in [1.165, 1.54) is 12.1 Å². The molecule has 8 heteroatoms. The third-order valence-corrected chi connectivity index (χ3v) is 2.82. The lowest BCUT2D eigenvalue weighted by molar-refractivity contribution is -0.137. The fraction of sp³-hybridized carbons (Fsp3) is 0.500. The number of nitrogens with one attached hydrogen (secondary N) is 1. The molecule has 1 amide bonds. The van der Waals surface area contributed by atoms with Crippen LogP contribution in [0.3, 0.4) is 0 Å². The maximum Gasteiger partial charge on any atom is 0.416 e. The molecule has 1 N–H and O–H groups in total. The summed E-state index contributed by atoms with van der Waals surface area (Å²) in [6.07, 6.45) is -3.78. The van der Waals surface area contributed by atoms with Gasteiger partial charge < -0.3 is 9.47 Å². The van der Waals surface area contributed by atoms with Crippen molar-refractivity contribution in [2.75, 3.05) is 26.4 Å². The van der Waals surface area contributed by atoms with Crippen molar-refractivity contribution in [3.8, 4) is 0 Å². The van der Waals surface area contributed by atoms with E-state index in [-0.39, 0.29) is 18.2 Å². The van der Waals surface area contributed by atoms with Gasteiger partial charge in [-0.1, -0.05) is 13.0 Å². The van der Waals surface area contributed by atoms with Crippen LogP contribution in [-0.4, -0.2) is 38.3 Å². The first-order chi connectivity index (χ1) is 11.4. The number of nitrogens with zero attached hydrogens (tertiary/aromatic N) is 1. The van der Waals surface area contributed by atoms with E-state index in [1.807, 2.05) is 13.8 Å². The maximum absolute atomic E-state index is 12.7. The van der Waals surface area contributed by atoms with Gasteiger partial charge in [0.05, 0.1) is 12.2 Å². The van der Waals surface area contributed by atoms with Gasteiger partial charge in [0.15, 0.2) is 0 Å². The van der Waals surface area contributed by atoms with Crippen LogP contribution in [0, 0.1) is 0 Å². The monoisotopic (exact) mass is 346 g/mol. The third-order valence-electron chi connectivity index (χ3n) is 2.82. The van der Waals surface area contributed by atoms with Crippen molar-refractivity contribution in [3.05, 3.63) is 35.4 Å². The van der Waals surface area contributed by atoms with Crippen LogP contribution in [0.1, 0.15) is 36.2 Å². The fourth-order valence-corrected chi connectivity index (χ4v) is 1.68. The Bertz CT molecular complexity index is 560. The van der Waals surface area contributed by atoms with Crippen LogP contribution >= 0.6 is 0 Å². The number of hydrogen-bond acceptors (Lipinski definition) is 4. The van der Waals surface area contributed by atoms with Crippen LogP contribution in [0.4, 0.5) is 13.2 Å². The molecule has 24 heavy (non-hydrogen) atoms. The Hall–Kier alpha value is -2.09. The highest BCUT2D eigenvalue weighted by molar-refractivity contribution is 6.04. The molecule has 0 heterocycles. The average Bonchev–Trinajstić information content (AvgIpc) is 2.55. The van der Waals surface area contributed by atoms with Gasteiger partial charge >= 0.3 is 6.18 Å². The summed E-state index contributed by atoms with van der Waals surface area (Å²) in [6.45, 7) is 5.19. The van der Waals surface area contributed by atoms with Crippen molar-refractivity contribution in [1.82, 2.24) is 5.32 Å². The van der Waals surface area contributed by atoms with E-state index in [0.29, 0.717) is 19.8 Å². The summed E-state index contributed by atoms with van der Waals surface area (Å²) in [4.78, 5) is 16.2. The molecule has 5 nitrogen and oxygen atoms in total. The van der Waals surface area contributed by atoms with Gasteiger partial charge in [0.25, 0.3) is 11.9 Å². The standard InChI is InChI=1S/C16H21F3N2O3/c1-3-8-20-15(24-10-9-23-4-2)21-14(22)12-6-5-7-13(11-12)16(17,18)19/h5-7,11H,3-4,8-10H2,1-2H3,(H,20,21,22). The molecule has 0 unspecified atom stereocenters. The Morgan fingerprint density at radius 1 is 1.25 bits per heavy atom. The molecule has 0 radical (unpaired) electrons. The highest BCUT2D eigenvalue weighted by Gasteiger charge is 2.31. The molecule has 0 aromatic heterocycles. The van der Waals surface area contributed by atoms with Crippen molar-refractivity contribution in [2.24, 2.45) is 4.99 Å². The number of ether oxygens (including phenoxy) is 2. The summed E-state index contributed by atoms with van der Waals surface area (Å²) >= 11 is 0. The summed E-state index contributed by atoms with van der Waals surface area (Å²) in [6, 6.07) is 4.13. The van der Waals surface area contributed by atoms with Crippen molar-refractivity contribution in [1.29, 1.82) is 0 Å². The zero-order chi connectivity index (χ0) is 18.0. The third kappa shape index (κ3) is 6.99. The smallest absolute Gasteiger partial charge is 0.416 e. The minimum absolute atomic E-state index is 0.0287. The van der Waals surface area contributed by atoms with Crippen LogP contribution in [0.5, 0.6) is 0 Å². The number of halogens is 3. The SMILES string of the molecule is CCCN=C(NC(=O)c1cccc(C(F)(F)F)c1)OCCOCC. The minimum atomic E-state index is -4.51. The molecule has 0 aliphatic heterocycles. The van der Waals surface area contributed by atoms with Crippen molar-refractivity contribution in [2.45, 2.75) is 26.4 Å². The normalized spacial score (nSPS) is 12.1. The summed E-state index contributed by atoms with van der Waals surface area (Å²) < 4.78 is 48.5. The lowest BCUT2D eigenvalue weighted by Gasteiger charge is -2.12. The van der Waals surface area contributed by atoms with Gasteiger partial charge in [-0.05, 0) is 31.5 Å². The van der Waals surface area contributed by atoms with Crippen molar-refractivity contribution >= 4 is 11.9 Å². The van der Waals surface area contributed by atoms with E-state index < -0.39 is 17.6 Å². The highest BCUT2D eigenvalue weighted by atomic mass is 19.4. The first-order valence-electron chi connectivity index (χ1n) is 7.62. The van der Waals surface area contributed by atoms with Crippen LogP contribution < -0.4 is 5.32 Å². The highest BCUT2D eigenvalue weighted by Crippen LogP contribution is 2.29. The molecule has 0 aliphatic carbocycles. The van der Waals surface area contributed by atoms with Gasteiger partial charge in [0, 0.05) is 18.7 Å². The van der Waals surface area contributed by atoms with E-state index in [1.54, 1.807) is 0 Å². The second-order valence-corrected chi connectivity index (χ2v) is 4.76. The zero-order valence-corrected chi connectivity index (χ0v) is 13.7. The predicted octanol–water partition coefficient (Wildman–Crippen LogP) is 3.25. The van der Waals surface area contributed by atoms with Crippen molar-refractivity contribution < 1.29 is 27.4 Å². The van der Waals surface area contributed by atoms with Gasteiger partial charge in [-0.3, -0.25) is 10.1 Å². The van der Waals surface area contributed by atoms with Crippen LogP contribution in [0.15, 0.2) is 29.3 Å². The van der Waals surface area contributed by atoms with E-state index in [4.69, 9.17) is 9.47 Å². The molecule has 0 atom stereocenters. The van der Waals surface area contributed by atoms with Crippen LogP contribution in [0.2, 0.25) is 0 Å². The van der Waals surface area contributed by atoms with Gasteiger partial charge in [-0.15, -0.1) is 0 Å². The molecule has 0 saturated heterocycles. The minimum Gasteiger partial charge on any atom is -0.463 e. The van der Waals surface area contributed by atoms with Crippen LogP contribution in [0.25, 0.3) is 0 Å². The molecule has 0 saturated carbocycles. The van der Waals surface area contributed by atoms with Gasteiger partial charge in [-0.25, -0.2) is 4.99 Å². The summed E-state index contributed by atoms with van der Waals surface area (Å²) in [5.41, 5.74) is -1.01. The topological polar surface area (TPSA) is 59.9 Å².